The standard InChI is InChI=1S/C12H26N2/c1-9(2)5-12(6-10(3)4)14-7-11(13)8-14/h9-12H,5-8,13H2,1-4H3. The highest BCUT2D eigenvalue weighted by Crippen LogP contribution is 2.22. The van der Waals surface area contributed by atoms with Gasteiger partial charge in [-0.15, -0.1) is 0 Å². The van der Waals surface area contributed by atoms with Crippen LogP contribution in [0.3, 0.4) is 0 Å². The molecule has 2 N–H and O–H groups in total. The van der Waals surface area contributed by atoms with Crippen LogP contribution in [0, 0.1) is 11.8 Å². The Hall–Kier alpha value is -0.0800. The highest BCUT2D eigenvalue weighted by molar-refractivity contribution is 4.88. The van der Waals surface area contributed by atoms with Gasteiger partial charge < -0.3 is 5.73 Å². The highest BCUT2D eigenvalue weighted by atomic mass is 15.2. The third-order valence-corrected chi connectivity index (χ3v) is 2.94. The predicted molar refractivity (Wildman–Crippen MR) is 62.2 cm³/mol. The molecule has 1 aliphatic heterocycles. The Balaban J connectivity index is 2.36. The number of nitrogens with two attached hydrogens (primary N) is 1. The van der Waals surface area contributed by atoms with Crippen LogP contribution < -0.4 is 5.73 Å². The molecule has 0 spiro atoms. The van der Waals surface area contributed by atoms with Crippen LogP contribution in [0.2, 0.25) is 0 Å². The van der Waals surface area contributed by atoms with Crippen molar-refractivity contribution in [2.45, 2.75) is 52.6 Å². The van der Waals surface area contributed by atoms with Crippen LogP contribution in [-0.4, -0.2) is 30.1 Å². The second-order valence-corrected chi connectivity index (χ2v) is 5.63. The molecule has 0 aromatic heterocycles. The highest BCUT2D eigenvalue weighted by Gasteiger charge is 2.30. The zero-order valence-electron chi connectivity index (χ0n) is 10.2. The summed E-state index contributed by atoms with van der Waals surface area (Å²) in [7, 11) is 0. The summed E-state index contributed by atoms with van der Waals surface area (Å²) < 4.78 is 0. The van der Waals surface area contributed by atoms with Gasteiger partial charge >= 0.3 is 0 Å². The first-order valence-electron chi connectivity index (χ1n) is 5.98. The van der Waals surface area contributed by atoms with Gasteiger partial charge in [0.05, 0.1) is 0 Å². The molecule has 1 fully saturated rings. The van der Waals surface area contributed by atoms with E-state index >= 15 is 0 Å². The van der Waals surface area contributed by atoms with E-state index in [-0.39, 0.29) is 0 Å². The van der Waals surface area contributed by atoms with Crippen LogP contribution in [0.15, 0.2) is 0 Å². The van der Waals surface area contributed by atoms with Gasteiger partial charge in [-0.2, -0.15) is 0 Å². The van der Waals surface area contributed by atoms with E-state index in [1.807, 2.05) is 0 Å². The van der Waals surface area contributed by atoms with Crippen LogP contribution in [0.1, 0.15) is 40.5 Å². The molecule has 84 valence electrons. The van der Waals surface area contributed by atoms with E-state index in [1.165, 1.54) is 12.8 Å². The molecule has 0 atom stereocenters. The number of hydrogen-bond donors (Lipinski definition) is 1. The minimum atomic E-state index is 0.442. The topological polar surface area (TPSA) is 29.3 Å². The summed E-state index contributed by atoms with van der Waals surface area (Å²) in [4.78, 5) is 2.56. The van der Waals surface area contributed by atoms with Crippen LogP contribution in [0.25, 0.3) is 0 Å². The third-order valence-electron chi connectivity index (χ3n) is 2.94. The maximum absolute atomic E-state index is 5.83. The second kappa shape index (κ2) is 5.13. The van der Waals surface area contributed by atoms with Gasteiger partial charge in [-0.05, 0) is 24.7 Å². The number of hydrogen-bond acceptors (Lipinski definition) is 2. The number of likely N-dealkylation sites (tertiary alicyclic amines) is 1. The predicted octanol–water partition coefficient (Wildman–Crippen LogP) is 2.09. The molecule has 1 rings (SSSR count). The minimum Gasteiger partial charge on any atom is -0.325 e. The summed E-state index contributed by atoms with van der Waals surface area (Å²) in [6.07, 6.45) is 2.65. The Bertz CT molecular complexity index is 150. The molecule has 0 saturated carbocycles. The Morgan fingerprint density at radius 2 is 1.50 bits per heavy atom. The fourth-order valence-electron chi connectivity index (χ4n) is 2.33. The molecule has 0 aromatic carbocycles. The summed E-state index contributed by atoms with van der Waals surface area (Å²) in [5.41, 5.74) is 5.83. The van der Waals surface area contributed by atoms with E-state index in [2.05, 4.69) is 32.6 Å². The molecule has 0 aliphatic carbocycles. The Morgan fingerprint density at radius 1 is 1.07 bits per heavy atom. The maximum atomic E-state index is 5.83. The molecule has 1 aliphatic rings. The van der Waals surface area contributed by atoms with E-state index in [9.17, 15) is 0 Å². The van der Waals surface area contributed by atoms with Gasteiger partial charge in [-0.1, -0.05) is 27.7 Å². The zero-order chi connectivity index (χ0) is 10.7. The molecule has 0 unspecified atom stereocenters. The zero-order valence-corrected chi connectivity index (χ0v) is 10.2. The molecule has 14 heavy (non-hydrogen) atoms. The molecular weight excluding hydrogens is 172 g/mol. The van der Waals surface area contributed by atoms with Gasteiger partial charge in [0.1, 0.15) is 0 Å². The van der Waals surface area contributed by atoms with Crippen LogP contribution in [0.4, 0.5) is 0 Å². The number of nitrogens with zero attached hydrogens (tertiary/aromatic N) is 1. The lowest BCUT2D eigenvalue weighted by atomic mass is 9.91. The first-order valence-corrected chi connectivity index (χ1v) is 5.98. The van der Waals surface area contributed by atoms with Crippen LogP contribution in [0.5, 0.6) is 0 Å². The van der Waals surface area contributed by atoms with Crippen molar-refractivity contribution in [3.63, 3.8) is 0 Å². The SMILES string of the molecule is CC(C)CC(CC(C)C)N1CC(N)C1. The first kappa shape index (κ1) is 12.0. The van der Waals surface area contributed by atoms with Gasteiger partial charge in [-0.25, -0.2) is 0 Å². The first-order chi connectivity index (χ1) is 6.49. The summed E-state index contributed by atoms with van der Waals surface area (Å²) in [6, 6.07) is 1.21. The third kappa shape index (κ3) is 3.58. The Kier molecular flexibility index (Phi) is 4.39. The summed E-state index contributed by atoms with van der Waals surface area (Å²) in [6.45, 7) is 11.5. The maximum Gasteiger partial charge on any atom is 0.0297 e. The van der Waals surface area contributed by atoms with E-state index < -0.39 is 0 Å². The van der Waals surface area contributed by atoms with Gasteiger partial charge in [0.15, 0.2) is 0 Å². The monoisotopic (exact) mass is 198 g/mol. The molecule has 2 heteroatoms. The van der Waals surface area contributed by atoms with Gasteiger partial charge in [0.25, 0.3) is 0 Å². The molecule has 0 amide bonds. The van der Waals surface area contributed by atoms with Crippen molar-refractivity contribution in [1.82, 2.24) is 4.90 Å². The lowest BCUT2D eigenvalue weighted by Gasteiger charge is -2.44. The largest absolute Gasteiger partial charge is 0.325 e. The van der Waals surface area contributed by atoms with Crippen molar-refractivity contribution >= 4 is 0 Å². The van der Waals surface area contributed by atoms with Crippen LogP contribution in [-0.2, 0) is 0 Å². The van der Waals surface area contributed by atoms with Crippen molar-refractivity contribution in [3.05, 3.63) is 0 Å². The second-order valence-electron chi connectivity index (χ2n) is 5.63. The molecule has 0 aromatic rings. The molecule has 0 radical (unpaired) electrons. The Morgan fingerprint density at radius 3 is 1.79 bits per heavy atom. The lowest BCUT2D eigenvalue weighted by Crippen LogP contribution is -2.59. The average molecular weight is 198 g/mol. The van der Waals surface area contributed by atoms with Gasteiger partial charge in [-0.3, -0.25) is 4.90 Å². The van der Waals surface area contributed by atoms with E-state index in [1.54, 1.807) is 0 Å². The Labute approximate surface area is 88.8 Å². The lowest BCUT2D eigenvalue weighted by molar-refractivity contribution is 0.0689. The summed E-state index contributed by atoms with van der Waals surface area (Å²) >= 11 is 0. The quantitative estimate of drug-likeness (QED) is 0.733. The fraction of sp³-hybridized carbons (Fsp3) is 1.00. The van der Waals surface area contributed by atoms with E-state index in [4.69, 9.17) is 5.73 Å². The smallest absolute Gasteiger partial charge is 0.0297 e. The molecule has 0 bridgehead atoms. The van der Waals surface area contributed by atoms with E-state index in [0.717, 1.165) is 31.0 Å². The van der Waals surface area contributed by atoms with Gasteiger partial charge in [0, 0.05) is 25.2 Å². The minimum absolute atomic E-state index is 0.442. The average Bonchev–Trinajstić information content (AvgIpc) is 1.95. The normalized spacial score (nSPS) is 19.7. The van der Waals surface area contributed by atoms with Crippen molar-refractivity contribution in [3.8, 4) is 0 Å². The molecule has 2 nitrogen and oxygen atoms in total. The van der Waals surface area contributed by atoms with Gasteiger partial charge in [0.2, 0.25) is 0 Å². The van der Waals surface area contributed by atoms with Crippen LogP contribution >= 0.6 is 0 Å². The van der Waals surface area contributed by atoms with E-state index in [0.29, 0.717) is 6.04 Å². The summed E-state index contributed by atoms with van der Waals surface area (Å²) in [5.74, 6) is 1.60. The van der Waals surface area contributed by atoms with Crippen molar-refractivity contribution in [2.75, 3.05) is 13.1 Å². The van der Waals surface area contributed by atoms with Crippen molar-refractivity contribution < 1.29 is 0 Å². The van der Waals surface area contributed by atoms with Crippen molar-refractivity contribution in [1.29, 1.82) is 0 Å². The number of rotatable bonds is 5. The van der Waals surface area contributed by atoms with Crippen molar-refractivity contribution in [2.24, 2.45) is 17.6 Å². The summed E-state index contributed by atoms with van der Waals surface area (Å²) in [5, 5.41) is 0. The molecule has 1 saturated heterocycles. The fourth-order valence-corrected chi connectivity index (χ4v) is 2.33. The molecular formula is C12H26N2. The molecule has 1 heterocycles.